The van der Waals surface area contributed by atoms with Crippen molar-refractivity contribution in [2.75, 3.05) is 6.61 Å². The van der Waals surface area contributed by atoms with Gasteiger partial charge in [-0.1, -0.05) is 12.1 Å². The zero-order chi connectivity index (χ0) is 15.3. The van der Waals surface area contributed by atoms with Crippen LogP contribution in [0.2, 0.25) is 0 Å². The zero-order valence-corrected chi connectivity index (χ0v) is 10.4. The van der Waals surface area contributed by atoms with E-state index in [0.717, 1.165) is 12.1 Å². The summed E-state index contributed by atoms with van der Waals surface area (Å²) in [6.45, 7) is 0.522. The molecule has 1 unspecified atom stereocenters. The van der Waals surface area contributed by atoms with Gasteiger partial charge in [0.05, 0.1) is 5.56 Å². The topological polar surface area (TPSA) is 75.6 Å². The third-order valence-electron chi connectivity index (χ3n) is 2.30. The van der Waals surface area contributed by atoms with Gasteiger partial charge in [0.1, 0.15) is 11.8 Å². The largest absolute Gasteiger partial charge is 0.483 e. The first-order valence-electron chi connectivity index (χ1n) is 5.53. The summed E-state index contributed by atoms with van der Waals surface area (Å²) >= 11 is 0. The Morgan fingerprint density at radius 2 is 1.95 bits per heavy atom. The number of rotatable bonds is 5. The summed E-state index contributed by atoms with van der Waals surface area (Å²) < 4.78 is 42.7. The van der Waals surface area contributed by atoms with Gasteiger partial charge in [-0.15, -0.1) is 0 Å². The third kappa shape index (κ3) is 4.45. The van der Waals surface area contributed by atoms with Gasteiger partial charge < -0.3 is 15.2 Å². The highest BCUT2D eigenvalue weighted by Crippen LogP contribution is 2.35. The second-order valence-electron chi connectivity index (χ2n) is 3.91. The molecule has 1 aromatic rings. The molecule has 110 valence electrons. The first kappa shape index (κ1) is 15.8. The van der Waals surface area contributed by atoms with Crippen LogP contribution < -0.4 is 10.1 Å². The molecule has 8 heteroatoms. The second kappa shape index (κ2) is 6.27. The van der Waals surface area contributed by atoms with Crippen molar-refractivity contribution in [3.05, 3.63) is 29.8 Å². The van der Waals surface area contributed by atoms with Gasteiger partial charge in [0.15, 0.2) is 6.61 Å². The highest BCUT2D eigenvalue weighted by molar-refractivity contribution is 5.84. The lowest BCUT2D eigenvalue weighted by atomic mass is 10.2. The molecule has 2 N–H and O–H groups in total. The number of amides is 1. The third-order valence-corrected chi connectivity index (χ3v) is 2.30. The molecule has 0 aromatic heterocycles. The van der Waals surface area contributed by atoms with Crippen molar-refractivity contribution < 1.29 is 32.6 Å². The standard InChI is InChI=1S/C12H12F3NO4/c1-7(11(18)19)16-10(17)6-20-9-5-3-2-4-8(9)12(13,14)15/h2-5,7H,6H2,1H3,(H,16,17)(H,18,19). The van der Waals surface area contributed by atoms with E-state index in [2.05, 4.69) is 5.32 Å². The number of nitrogens with one attached hydrogen (secondary N) is 1. The minimum Gasteiger partial charge on any atom is -0.483 e. The smallest absolute Gasteiger partial charge is 0.419 e. The maximum Gasteiger partial charge on any atom is 0.419 e. The Balaban J connectivity index is 2.67. The summed E-state index contributed by atoms with van der Waals surface area (Å²) in [5.41, 5.74) is -1.00. The number of carboxylic acids is 1. The molecule has 1 aromatic carbocycles. The normalized spacial score (nSPS) is 12.6. The van der Waals surface area contributed by atoms with Gasteiger partial charge >= 0.3 is 12.1 Å². The maximum absolute atomic E-state index is 12.6. The molecular weight excluding hydrogens is 279 g/mol. The number of carbonyl (C=O) groups is 2. The lowest BCUT2D eigenvalue weighted by Gasteiger charge is -2.14. The van der Waals surface area contributed by atoms with E-state index in [4.69, 9.17) is 9.84 Å². The van der Waals surface area contributed by atoms with Gasteiger partial charge in [0.25, 0.3) is 5.91 Å². The fourth-order valence-electron chi connectivity index (χ4n) is 1.31. The summed E-state index contributed by atoms with van der Waals surface area (Å²) in [5.74, 6) is -2.57. The van der Waals surface area contributed by atoms with E-state index < -0.39 is 42.0 Å². The van der Waals surface area contributed by atoms with Crippen LogP contribution in [0.25, 0.3) is 0 Å². The minimum absolute atomic E-state index is 0.488. The molecule has 1 amide bonds. The molecule has 1 rings (SSSR count). The van der Waals surface area contributed by atoms with Gasteiger partial charge in [-0.05, 0) is 19.1 Å². The van der Waals surface area contributed by atoms with Gasteiger partial charge in [0.2, 0.25) is 0 Å². The van der Waals surface area contributed by atoms with Crippen molar-refractivity contribution in [1.82, 2.24) is 5.32 Å². The monoisotopic (exact) mass is 291 g/mol. The lowest BCUT2D eigenvalue weighted by molar-refractivity contribution is -0.141. The first-order chi connectivity index (χ1) is 9.21. The number of carboxylic acid groups (broad SMARTS) is 1. The number of ether oxygens (including phenoxy) is 1. The Morgan fingerprint density at radius 1 is 1.35 bits per heavy atom. The van der Waals surface area contributed by atoms with Crippen LogP contribution in [0.3, 0.4) is 0 Å². The van der Waals surface area contributed by atoms with Crippen LogP contribution in [0, 0.1) is 0 Å². The number of para-hydroxylation sites is 1. The fraction of sp³-hybridized carbons (Fsp3) is 0.333. The lowest BCUT2D eigenvalue weighted by Crippen LogP contribution is -2.40. The molecule has 0 aliphatic rings. The summed E-state index contributed by atoms with van der Waals surface area (Å²) in [5, 5.41) is 10.6. The average Bonchev–Trinajstić information content (AvgIpc) is 2.35. The van der Waals surface area contributed by atoms with Crippen LogP contribution in [0.5, 0.6) is 5.75 Å². The van der Waals surface area contributed by atoms with E-state index >= 15 is 0 Å². The average molecular weight is 291 g/mol. The molecule has 0 bridgehead atoms. The van der Waals surface area contributed by atoms with Crippen molar-refractivity contribution in [3.63, 3.8) is 0 Å². The zero-order valence-electron chi connectivity index (χ0n) is 10.4. The van der Waals surface area contributed by atoms with Gasteiger partial charge in [0, 0.05) is 0 Å². The Labute approximate surface area is 112 Å². The van der Waals surface area contributed by atoms with E-state index in [1.165, 1.54) is 19.1 Å². The molecule has 0 radical (unpaired) electrons. The van der Waals surface area contributed by atoms with Crippen LogP contribution in [0.4, 0.5) is 13.2 Å². The van der Waals surface area contributed by atoms with Crippen LogP contribution >= 0.6 is 0 Å². The molecule has 20 heavy (non-hydrogen) atoms. The highest BCUT2D eigenvalue weighted by atomic mass is 19.4. The Kier molecular flexibility index (Phi) is 4.95. The molecule has 0 spiro atoms. The van der Waals surface area contributed by atoms with Crippen LogP contribution in [0.15, 0.2) is 24.3 Å². The van der Waals surface area contributed by atoms with Crippen molar-refractivity contribution in [1.29, 1.82) is 0 Å². The summed E-state index contributed by atoms with van der Waals surface area (Å²) in [6.07, 6.45) is -4.60. The van der Waals surface area contributed by atoms with Crippen molar-refractivity contribution in [3.8, 4) is 5.75 Å². The number of alkyl halides is 3. The van der Waals surface area contributed by atoms with Crippen LogP contribution in [-0.4, -0.2) is 29.6 Å². The van der Waals surface area contributed by atoms with Crippen LogP contribution in [0.1, 0.15) is 12.5 Å². The summed E-state index contributed by atoms with van der Waals surface area (Å²) in [6, 6.07) is 3.29. The maximum atomic E-state index is 12.6. The molecule has 0 saturated carbocycles. The molecule has 5 nitrogen and oxygen atoms in total. The van der Waals surface area contributed by atoms with E-state index in [0.29, 0.717) is 0 Å². The van der Waals surface area contributed by atoms with E-state index in [1.54, 1.807) is 0 Å². The second-order valence-corrected chi connectivity index (χ2v) is 3.91. The van der Waals surface area contributed by atoms with Crippen LogP contribution in [-0.2, 0) is 15.8 Å². The number of hydrogen-bond donors (Lipinski definition) is 2. The Morgan fingerprint density at radius 3 is 2.50 bits per heavy atom. The van der Waals surface area contributed by atoms with Crippen molar-refractivity contribution in [2.24, 2.45) is 0 Å². The number of aliphatic carboxylic acids is 1. The van der Waals surface area contributed by atoms with Gasteiger partial charge in [-0.25, -0.2) is 0 Å². The van der Waals surface area contributed by atoms with E-state index in [9.17, 15) is 22.8 Å². The number of halogens is 3. The molecule has 0 aliphatic heterocycles. The quantitative estimate of drug-likeness (QED) is 0.865. The number of hydrogen-bond acceptors (Lipinski definition) is 3. The minimum atomic E-state index is -4.60. The van der Waals surface area contributed by atoms with Gasteiger partial charge in [-0.2, -0.15) is 13.2 Å². The molecule has 0 aliphatic carbocycles. The number of benzene rings is 1. The van der Waals surface area contributed by atoms with Crippen molar-refractivity contribution >= 4 is 11.9 Å². The molecule has 0 heterocycles. The Hall–Kier alpha value is -2.25. The first-order valence-corrected chi connectivity index (χ1v) is 5.53. The fourth-order valence-corrected chi connectivity index (χ4v) is 1.31. The molecule has 1 atom stereocenters. The Bertz CT molecular complexity index is 502. The predicted molar refractivity (Wildman–Crippen MR) is 62.2 cm³/mol. The van der Waals surface area contributed by atoms with E-state index in [-0.39, 0.29) is 0 Å². The van der Waals surface area contributed by atoms with Crippen molar-refractivity contribution in [2.45, 2.75) is 19.1 Å². The van der Waals surface area contributed by atoms with Gasteiger partial charge in [-0.3, -0.25) is 9.59 Å². The molecular formula is C12H12F3NO4. The highest BCUT2D eigenvalue weighted by Gasteiger charge is 2.34. The molecule has 0 saturated heterocycles. The molecule has 0 fully saturated rings. The summed E-state index contributed by atoms with van der Waals surface area (Å²) in [7, 11) is 0. The summed E-state index contributed by atoms with van der Waals surface area (Å²) in [4.78, 5) is 21.8. The van der Waals surface area contributed by atoms with E-state index in [1.807, 2.05) is 0 Å². The number of carbonyl (C=O) groups excluding carboxylic acids is 1. The predicted octanol–water partition coefficient (Wildman–Crippen LogP) is 1.67. The SMILES string of the molecule is CC(NC(=O)COc1ccccc1C(F)(F)F)C(=O)O.